The van der Waals surface area contributed by atoms with Gasteiger partial charge in [0.1, 0.15) is 0 Å². The van der Waals surface area contributed by atoms with Crippen LogP contribution in [0.1, 0.15) is 0 Å². The minimum absolute atomic E-state index is 0.287. The minimum atomic E-state index is -7.02. The van der Waals surface area contributed by atoms with Crippen LogP contribution in [0.2, 0.25) is 14.8 Å². The zero-order valence-corrected chi connectivity index (χ0v) is 14.8. The van der Waals surface area contributed by atoms with E-state index in [1.54, 1.807) is 0 Å². The summed E-state index contributed by atoms with van der Waals surface area (Å²) in [5.41, 5.74) is 0. The second kappa shape index (κ2) is 5.73. The molecule has 0 aromatic heterocycles. The third-order valence-electron chi connectivity index (χ3n) is 2.53. The molecule has 128 valence electrons. The molecule has 0 amide bonds. The molecule has 0 spiro atoms. The Morgan fingerprint density at radius 1 is 0.810 bits per heavy atom. The van der Waals surface area contributed by atoms with Gasteiger partial charge in [0.05, 0.1) is 0 Å². The van der Waals surface area contributed by atoms with E-state index in [2.05, 4.69) is 0 Å². The molecule has 0 fully saturated rings. The van der Waals surface area contributed by atoms with E-state index in [1.165, 1.54) is 14.8 Å². The first-order valence-corrected chi connectivity index (χ1v) is 16.1. The van der Waals surface area contributed by atoms with Gasteiger partial charge in [-0.25, -0.2) is 0 Å². The third-order valence-corrected chi connectivity index (χ3v) is 14.2. The maximum absolute atomic E-state index is 13.4. The normalized spacial score (nSPS) is 17.2. The molecule has 0 N–H and O–H groups in total. The van der Waals surface area contributed by atoms with Crippen molar-refractivity contribution in [2.45, 2.75) is 38.1 Å². The Bertz CT molecular complexity index is 417. The molecule has 13 heteroatoms. The fourth-order valence-corrected chi connectivity index (χ4v) is 7.32. The molecular weight excluding hydrogens is 448 g/mol. The van der Waals surface area contributed by atoms with Crippen molar-refractivity contribution in [1.29, 1.82) is 0 Å². The molecular formula is C8H12F9NOSSn. The molecule has 0 bridgehead atoms. The SMILES string of the molecule is C[N](S(=O)C(F)(F)C(F)(F)C(F)(F)C(F)(F)F)[Sn]([CH3])([CH3])[CH3]. The summed E-state index contributed by atoms with van der Waals surface area (Å²) in [4.78, 5) is 4.01. The van der Waals surface area contributed by atoms with Crippen molar-refractivity contribution in [3.05, 3.63) is 0 Å². The number of halogens is 9. The van der Waals surface area contributed by atoms with Crippen molar-refractivity contribution >= 4 is 29.6 Å². The Kier molecular flexibility index (Phi) is 5.80. The first-order valence-electron chi connectivity index (χ1n) is 5.18. The van der Waals surface area contributed by atoms with Gasteiger partial charge >= 0.3 is 121 Å². The molecule has 1 unspecified atom stereocenters. The second-order valence-corrected chi connectivity index (χ2v) is 21.9. The van der Waals surface area contributed by atoms with E-state index in [-0.39, 0.29) is 2.53 Å². The summed E-state index contributed by atoms with van der Waals surface area (Å²) in [6.07, 6.45) is -6.91. The predicted molar refractivity (Wildman–Crippen MR) is 60.1 cm³/mol. The van der Waals surface area contributed by atoms with Crippen molar-refractivity contribution in [2.75, 3.05) is 7.05 Å². The topological polar surface area (TPSA) is 20.3 Å². The van der Waals surface area contributed by atoms with Crippen LogP contribution in [-0.4, -0.2) is 55.7 Å². The Hall–Kier alpha value is 0.279. The molecule has 21 heavy (non-hydrogen) atoms. The van der Waals surface area contributed by atoms with Crippen LogP contribution in [0, 0.1) is 0 Å². The van der Waals surface area contributed by atoms with Crippen LogP contribution in [0.3, 0.4) is 0 Å². The first-order chi connectivity index (χ1) is 8.82. The molecule has 0 radical (unpaired) electrons. The second-order valence-electron chi connectivity index (χ2n) is 5.08. The number of nitrogens with zero attached hydrogens (tertiary/aromatic N) is 1. The summed E-state index contributed by atoms with van der Waals surface area (Å²) in [5, 5.41) is -6.08. The quantitative estimate of drug-likeness (QED) is 0.452. The fourth-order valence-electron chi connectivity index (χ4n) is 0.891. The molecule has 1 atom stereocenters. The molecule has 0 aliphatic rings. The van der Waals surface area contributed by atoms with E-state index in [1.807, 2.05) is 0 Å². The van der Waals surface area contributed by atoms with E-state index in [0.29, 0.717) is 0 Å². The van der Waals surface area contributed by atoms with Gasteiger partial charge in [-0.2, -0.15) is 0 Å². The van der Waals surface area contributed by atoms with Crippen LogP contribution >= 0.6 is 0 Å². The van der Waals surface area contributed by atoms with E-state index in [0.717, 1.165) is 7.05 Å². The summed E-state index contributed by atoms with van der Waals surface area (Å²) in [5.74, 6) is -13.9. The fraction of sp³-hybridized carbons (Fsp3) is 1.00. The summed E-state index contributed by atoms with van der Waals surface area (Å²) in [6.45, 7) is 0. The molecule has 0 aromatic carbocycles. The molecule has 0 aliphatic carbocycles. The number of rotatable bonds is 5. The van der Waals surface area contributed by atoms with Crippen LogP contribution in [-0.2, 0) is 11.0 Å². The van der Waals surface area contributed by atoms with Gasteiger partial charge < -0.3 is 0 Å². The van der Waals surface area contributed by atoms with Crippen LogP contribution in [0.15, 0.2) is 0 Å². The Labute approximate surface area is 121 Å². The predicted octanol–water partition coefficient (Wildman–Crippen LogP) is 3.84. The van der Waals surface area contributed by atoms with Crippen LogP contribution < -0.4 is 0 Å². The van der Waals surface area contributed by atoms with Crippen molar-refractivity contribution in [2.24, 2.45) is 0 Å². The van der Waals surface area contributed by atoms with E-state index in [4.69, 9.17) is 0 Å². The third kappa shape index (κ3) is 3.62. The van der Waals surface area contributed by atoms with Crippen molar-refractivity contribution in [3.8, 4) is 0 Å². The average Bonchev–Trinajstić information content (AvgIpc) is 2.23. The van der Waals surface area contributed by atoms with Crippen molar-refractivity contribution in [3.63, 3.8) is 0 Å². The number of hydrogen-bond donors (Lipinski definition) is 0. The summed E-state index contributed by atoms with van der Waals surface area (Å²) in [6, 6.07) is 0. The summed E-state index contributed by atoms with van der Waals surface area (Å²) < 4.78 is 125. The van der Waals surface area contributed by atoms with Gasteiger partial charge in [0, 0.05) is 0 Å². The number of alkyl halides is 9. The van der Waals surface area contributed by atoms with Gasteiger partial charge in [0.15, 0.2) is 0 Å². The molecule has 2 nitrogen and oxygen atoms in total. The summed E-state index contributed by atoms with van der Waals surface area (Å²) in [7, 11) is -3.31. The van der Waals surface area contributed by atoms with Gasteiger partial charge in [-0.1, -0.05) is 0 Å². The molecule has 0 saturated heterocycles. The average molecular weight is 460 g/mol. The van der Waals surface area contributed by atoms with Crippen LogP contribution in [0.4, 0.5) is 39.5 Å². The van der Waals surface area contributed by atoms with Gasteiger partial charge in [0.25, 0.3) is 0 Å². The molecule has 0 rings (SSSR count). The zero-order valence-electron chi connectivity index (χ0n) is 11.2. The Morgan fingerprint density at radius 2 is 1.14 bits per heavy atom. The van der Waals surface area contributed by atoms with Crippen molar-refractivity contribution in [1.82, 2.24) is 2.53 Å². The molecule has 0 aromatic rings. The van der Waals surface area contributed by atoms with Gasteiger partial charge in [-0.15, -0.1) is 0 Å². The first kappa shape index (κ1) is 21.3. The van der Waals surface area contributed by atoms with Gasteiger partial charge in [-0.3, -0.25) is 0 Å². The van der Waals surface area contributed by atoms with E-state index in [9.17, 15) is 43.7 Å². The Morgan fingerprint density at radius 3 is 1.38 bits per heavy atom. The molecule has 0 saturated carbocycles. The standard InChI is InChI=1S/C5H3F9NOS.3CH3.Sn/c1-15-17(16)5(13,14)3(8,9)2(6,7)4(10,11)12;;;;/h1H3;3*1H3;/q-1;;;;+1. The van der Waals surface area contributed by atoms with E-state index < -0.39 is 52.9 Å². The molecule has 0 heterocycles. The van der Waals surface area contributed by atoms with Crippen molar-refractivity contribution < 1.29 is 43.7 Å². The summed E-state index contributed by atoms with van der Waals surface area (Å²) >= 11 is -3.68. The number of hydrogen-bond acceptors (Lipinski definition) is 1. The van der Waals surface area contributed by atoms with Gasteiger partial charge in [0.2, 0.25) is 0 Å². The van der Waals surface area contributed by atoms with Crippen LogP contribution in [0.25, 0.3) is 0 Å². The molecule has 0 aliphatic heterocycles. The zero-order chi connectivity index (χ0) is 17.7. The van der Waals surface area contributed by atoms with Crippen LogP contribution in [0.5, 0.6) is 0 Å². The monoisotopic (exact) mass is 461 g/mol. The Balaban J connectivity index is 5.86. The van der Waals surface area contributed by atoms with Gasteiger partial charge in [-0.05, 0) is 0 Å². The van der Waals surface area contributed by atoms with E-state index >= 15 is 0 Å². The maximum atomic E-state index is 13.4.